The summed E-state index contributed by atoms with van der Waals surface area (Å²) in [6.45, 7) is 6.04. The van der Waals surface area contributed by atoms with Crippen LogP contribution in [0.1, 0.15) is 20.8 Å². The van der Waals surface area contributed by atoms with Gasteiger partial charge in [-0.1, -0.05) is 0 Å². The van der Waals surface area contributed by atoms with E-state index in [1.165, 1.54) is 0 Å². The second-order valence-electron chi connectivity index (χ2n) is 3.79. The molecule has 2 N–H and O–H groups in total. The lowest BCUT2D eigenvalue weighted by molar-refractivity contribution is 0.632. The molecule has 0 fully saturated rings. The Bertz CT molecular complexity index is 309. The summed E-state index contributed by atoms with van der Waals surface area (Å²) in [5.41, 5.74) is 0.464. The minimum Gasteiger partial charge on any atom is -0.376 e. The van der Waals surface area contributed by atoms with E-state index in [9.17, 15) is 4.79 Å². The molecule has 3 heteroatoms. The van der Waals surface area contributed by atoms with Gasteiger partial charge in [0.1, 0.15) is 5.69 Å². The van der Waals surface area contributed by atoms with Crippen LogP contribution < -0.4 is 10.9 Å². The third-order valence-electron chi connectivity index (χ3n) is 1.33. The molecule has 0 radical (unpaired) electrons. The molecule has 0 saturated heterocycles. The number of H-pyrrole nitrogens is 1. The third kappa shape index (κ3) is 2.42. The molecular formula is C9H14N2O. The van der Waals surface area contributed by atoms with Crippen molar-refractivity contribution in [3.63, 3.8) is 0 Å². The van der Waals surface area contributed by atoms with Crippen LogP contribution in [0.5, 0.6) is 0 Å². The van der Waals surface area contributed by atoms with Crippen molar-refractivity contribution >= 4 is 5.69 Å². The van der Waals surface area contributed by atoms with E-state index in [0.717, 1.165) is 0 Å². The fourth-order valence-corrected chi connectivity index (χ4v) is 0.924. The van der Waals surface area contributed by atoms with Gasteiger partial charge in [0.05, 0.1) is 0 Å². The monoisotopic (exact) mass is 166 g/mol. The van der Waals surface area contributed by atoms with Gasteiger partial charge in [0, 0.05) is 11.7 Å². The van der Waals surface area contributed by atoms with Crippen LogP contribution in [0.4, 0.5) is 5.69 Å². The summed E-state index contributed by atoms with van der Waals surface area (Å²) in [5.74, 6) is 0. The van der Waals surface area contributed by atoms with Gasteiger partial charge in [-0.15, -0.1) is 0 Å². The normalized spacial score (nSPS) is 11.2. The van der Waals surface area contributed by atoms with Crippen LogP contribution in [0.25, 0.3) is 0 Å². The molecule has 0 aliphatic carbocycles. The molecule has 1 aromatic rings. The fraction of sp³-hybridized carbons (Fsp3) is 0.444. The van der Waals surface area contributed by atoms with Crippen molar-refractivity contribution in [1.29, 1.82) is 0 Å². The largest absolute Gasteiger partial charge is 0.376 e. The molecule has 66 valence electrons. The summed E-state index contributed by atoms with van der Waals surface area (Å²) in [7, 11) is 0. The first-order chi connectivity index (χ1) is 5.49. The number of aromatic nitrogens is 1. The lowest BCUT2D eigenvalue weighted by Crippen LogP contribution is -2.29. The molecule has 0 aliphatic heterocycles. The second kappa shape index (κ2) is 3.01. The second-order valence-corrected chi connectivity index (χ2v) is 3.79. The van der Waals surface area contributed by atoms with Crippen LogP contribution in [0, 0.1) is 0 Å². The van der Waals surface area contributed by atoms with E-state index in [-0.39, 0.29) is 11.1 Å². The maximum atomic E-state index is 11.2. The SMILES string of the molecule is CC(C)(C)Nc1ccc[nH]c1=O. The first-order valence-electron chi connectivity index (χ1n) is 3.95. The van der Waals surface area contributed by atoms with E-state index in [2.05, 4.69) is 10.3 Å². The highest BCUT2D eigenvalue weighted by atomic mass is 16.1. The predicted octanol–water partition coefficient (Wildman–Crippen LogP) is 1.59. The van der Waals surface area contributed by atoms with Crippen LogP contribution in [0.2, 0.25) is 0 Å². The summed E-state index contributed by atoms with van der Waals surface area (Å²) >= 11 is 0. The average Bonchev–Trinajstić information content (AvgIpc) is 1.91. The number of hydrogen-bond acceptors (Lipinski definition) is 2. The van der Waals surface area contributed by atoms with Gasteiger partial charge in [0.15, 0.2) is 0 Å². The van der Waals surface area contributed by atoms with E-state index in [0.29, 0.717) is 5.69 Å². The highest BCUT2D eigenvalue weighted by Gasteiger charge is 2.10. The van der Waals surface area contributed by atoms with Crippen LogP contribution in [0.3, 0.4) is 0 Å². The molecule has 0 atom stereocenters. The Hall–Kier alpha value is -1.25. The van der Waals surface area contributed by atoms with Crippen molar-refractivity contribution in [3.8, 4) is 0 Å². The molecule has 12 heavy (non-hydrogen) atoms. The van der Waals surface area contributed by atoms with Gasteiger partial charge in [-0.25, -0.2) is 0 Å². The molecule has 0 aromatic carbocycles. The Kier molecular flexibility index (Phi) is 2.22. The zero-order valence-electron chi connectivity index (χ0n) is 7.64. The quantitative estimate of drug-likeness (QED) is 0.665. The zero-order chi connectivity index (χ0) is 9.19. The number of anilines is 1. The Balaban J connectivity index is 2.91. The highest BCUT2D eigenvalue weighted by Crippen LogP contribution is 2.08. The van der Waals surface area contributed by atoms with Gasteiger partial charge in [-0.2, -0.15) is 0 Å². The molecule has 0 spiro atoms. The number of hydrogen-bond donors (Lipinski definition) is 2. The predicted molar refractivity (Wildman–Crippen MR) is 50.4 cm³/mol. The maximum Gasteiger partial charge on any atom is 0.271 e. The summed E-state index contributed by atoms with van der Waals surface area (Å²) < 4.78 is 0. The van der Waals surface area contributed by atoms with Crippen LogP contribution in [-0.2, 0) is 0 Å². The summed E-state index contributed by atoms with van der Waals surface area (Å²) in [6, 6.07) is 3.57. The fourth-order valence-electron chi connectivity index (χ4n) is 0.924. The van der Waals surface area contributed by atoms with Crippen molar-refractivity contribution in [2.75, 3.05) is 5.32 Å². The first kappa shape index (κ1) is 8.84. The van der Waals surface area contributed by atoms with E-state index in [4.69, 9.17) is 0 Å². The van der Waals surface area contributed by atoms with E-state index in [1.54, 1.807) is 18.3 Å². The van der Waals surface area contributed by atoms with Gasteiger partial charge < -0.3 is 10.3 Å². The molecule has 3 nitrogen and oxygen atoms in total. The summed E-state index contributed by atoms with van der Waals surface area (Å²) in [4.78, 5) is 13.8. The minimum absolute atomic E-state index is 0.0750. The molecule has 1 heterocycles. The molecule has 1 rings (SSSR count). The van der Waals surface area contributed by atoms with Crippen molar-refractivity contribution < 1.29 is 0 Å². The minimum atomic E-state index is -0.0765. The van der Waals surface area contributed by atoms with E-state index < -0.39 is 0 Å². The first-order valence-corrected chi connectivity index (χ1v) is 3.95. The van der Waals surface area contributed by atoms with Gasteiger partial charge >= 0.3 is 0 Å². The molecule has 0 aliphatic rings. The average molecular weight is 166 g/mol. The number of pyridine rings is 1. The van der Waals surface area contributed by atoms with Crippen LogP contribution in [0.15, 0.2) is 23.1 Å². The smallest absolute Gasteiger partial charge is 0.271 e. The van der Waals surface area contributed by atoms with E-state index >= 15 is 0 Å². The van der Waals surface area contributed by atoms with Crippen molar-refractivity contribution in [2.24, 2.45) is 0 Å². The van der Waals surface area contributed by atoms with E-state index in [1.807, 2.05) is 20.8 Å². The number of aromatic amines is 1. The number of rotatable bonds is 1. The van der Waals surface area contributed by atoms with Crippen LogP contribution in [-0.4, -0.2) is 10.5 Å². The Labute approximate surface area is 71.8 Å². The van der Waals surface area contributed by atoms with Gasteiger partial charge in [-0.05, 0) is 32.9 Å². The van der Waals surface area contributed by atoms with Crippen molar-refractivity contribution in [3.05, 3.63) is 28.7 Å². The molecular weight excluding hydrogens is 152 g/mol. The summed E-state index contributed by atoms with van der Waals surface area (Å²) in [6.07, 6.45) is 1.62. The maximum absolute atomic E-state index is 11.2. The van der Waals surface area contributed by atoms with Gasteiger partial charge in [0.2, 0.25) is 0 Å². The highest BCUT2D eigenvalue weighted by molar-refractivity contribution is 5.41. The molecule has 1 aromatic heterocycles. The topological polar surface area (TPSA) is 44.9 Å². The van der Waals surface area contributed by atoms with Crippen molar-refractivity contribution in [2.45, 2.75) is 26.3 Å². The lowest BCUT2D eigenvalue weighted by Gasteiger charge is -2.20. The Morgan fingerprint density at radius 2 is 2.08 bits per heavy atom. The third-order valence-corrected chi connectivity index (χ3v) is 1.33. The van der Waals surface area contributed by atoms with Gasteiger partial charge in [0.25, 0.3) is 5.56 Å². The number of nitrogens with one attached hydrogen (secondary N) is 2. The Morgan fingerprint density at radius 1 is 1.42 bits per heavy atom. The van der Waals surface area contributed by atoms with Crippen LogP contribution >= 0.6 is 0 Å². The standard InChI is InChI=1S/C9H14N2O/c1-9(2,3)11-7-5-4-6-10-8(7)12/h4-6,11H,1-3H3,(H,10,12). The zero-order valence-corrected chi connectivity index (χ0v) is 7.64. The molecule has 0 amide bonds. The van der Waals surface area contributed by atoms with Crippen molar-refractivity contribution in [1.82, 2.24) is 4.98 Å². The molecule has 0 saturated carbocycles. The molecule has 0 bridgehead atoms. The van der Waals surface area contributed by atoms with Gasteiger partial charge in [-0.3, -0.25) is 4.79 Å². The summed E-state index contributed by atoms with van der Waals surface area (Å²) in [5, 5.41) is 3.11. The lowest BCUT2D eigenvalue weighted by atomic mass is 10.1. The Morgan fingerprint density at radius 3 is 2.58 bits per heavy atom. The molecule has 0 unspecified atom stereocenters.